The number of rotatable bonds is 0. The van der Waals surface area contributed by atoms with Crippen LogP contribution in [0.25, 0.3) is 0 Å². The maximum absolute atomic E-state index is 5.66. The molecular formula is C10H12O. The van der Waals surface area contributed by atoms with Crippen LogP contribution in [0.5, 0.6) is 0 Å². The van der Waals surface area contributed by atoms with Gasteiger partial charge in [0.15, 0.2) is 0 Å². The number of terminal acetylenes is 1. The van der Waals surface area contributed by atoms with Crippen LogP contribution in [0.4, 0.5) is 0 Å². The van der Waals surface area contributed by atoms with Crippen molar-refractivity contribution >= 4 is 0 Å². The lowest BCUT2D eigenvalue weighted by Gasteiger charge is -2.21. The first-order chi connectivity index (χ1) is 5.38. The smallest absolute Gasteiger partial charge is 0.0617 e. The molecule has 2 rings (SSSR count). The number of ether oxygens (including phenoxy) is 1. The Balaban J connectivity index is 2.09. The van der Waals surface area contributed by atoms with Gasteiger partial charge in [0.2, 0.25) is 0 Å². The second-order valence-corrected chi connectivity index (χ2v) is 3.33. The molecule has 1 heteroatoms. The van der Waals surface area contributed by atoms with Gasteiger partial charge in [-0.25, -0.2) is 0 Å². The molecule has 11 heavy (non-hydrogen) atoms. The van der Waals surface area contributed by atoms with E-state index in [1.54, 1.807) is 0 Å². The predicted octanol–water partition coefficient (Wildman–Crippen LogP) is 1.89. The molecule has 2 bridgehead atoms. The van der Waals surface area contributed by atoms with E-state index in [-0.39, 0.29) is 0 Å². The second kappa shape index (κ2) is 2.71. The van der Waals surface area contributed by atoms with E-state index in [1.165, 1.54) is 18.4 Å². The minimum atomic E-state index is 0.480. The Hall–Kier alpha value is -0.740. The molecular weight excluding hydrogens is 136 g/mol. The molecule has 2 saturated heterocycles. The van der Waals surface area contributed by atoms with E-state index in [1.807, 2.05) is 6.08 Å². The number of fused-ring (bicyclic) bond motifs is 2. The van der Waals surface area contributed by atoms with Gasteiger partial charge in [0, 0.05) is 0 Å². The fourth-order valence-electron chi connectivity index (χ4n) is 1.98. The summed E-state index contributed by atoms with van der Waals surface area (Å²) in [5.74, 6) is 2.59. The van der Waals surface area contributed by atoms with Gasteiger partial charge in [-0.15, -0.1) is 6.42 Å². The molecule has 0 spiro atoms. The number of allylic oxidation sites excluding steroid dienone is 1. The Bertz CT molecular complexity index is 208. The Kier molecular flexibility index (Phi) is 1.71. The van der Waals surface area contributed by atoms with Gasteiger partial charge in [0.25, 0.3) is 0 Å². The standard InChI is InChI=1S/C10H12O/c1-2-3-8-6-9-4-5-10(7-8)11-9/h1,3,9-10H,4-7H2. The van der Waals surface area contributed by atoms with Gasteiger partial charge in [-0.3, -0.25) is 0 Å². The van der Waals surface area contributed by atoms with E-state index < -0.39 is 0 Å². The van der Waals surface area contributed by atoms with Crippen LogP contribution in [-0.4, -0.2) is 12.2 Å². The van der Waals surface area contributed by atoms with Gasteiger partial charge < -0.3 is 4.74 Å². The lowest BCUT2D eigenvalue weighted by molar-refractivity contribution is 0.0258. The van der Waals surface area contributed by atoms with Crippen molar-refractivity contribution < 1.29 is 4.74 Å². The van der Waals surface area contributed by atoms with Crippen LogP contribution in [0.3, 0.4) is 0 Å². The zero-order chi connectivity index (χ0) is 7.68. The Labute approximate surface area is 67.4 Å². The van der Waals surface area contributed by atoms with E-state index in [9.17, 15) is 0 Å². The molecule has 2 atom stereocenters. The van der Waals surface area contributed by atoms with Gasteiger partial charge in [-0.2, -0.15) is 0 Å². The van der Waals surface area contributed by atoms with Crippen molar-refractivity contribution in [1.29, 1.82) is 0 Å². The quantitative estimate of drug-likeness (QED) is 0.477. The van der Waals surface area contributed by atoms with E-state index >= 15 is 0 Å². The molecule has 2 unspecified atom stereocenters. The predicted molar refractivity (Wildman–Crippen MR) is 44.0 cm³/mol. The monoisotopic (exact) mass is 148 g/mol. The van der Waals surface area contributed by atoms with E-state index in [4.69, 9.17) is 11.2 Å². The van der Waals surface area contributed by atoms with Gasteiger partial charge in [-0.1, -0.05) is 11.5 Å². The highest BCUT2D eigenvalue weighted by Gasteiger charge is 2.31. The summed E-state index contributed by atoms with van der Waals surface area (Å²) in [7, 11) is 0. The SMILES string of the molecule is C#CC=C1CC2CCC(C1)O2. The van der Waals surface area contributed by atoms with Crippen LogP contribution in [0.1, 0.15) is 25.7 Å². The van der Waals surface area contributed by atoms with Gasteiger partial charge in [0.1, 0.15) is 0 Å². The highest BCUT2D eigenvalue weighted by Crippen LogP contribution is 2.35. The number of hydrogen-bond donors (Lipinski definition) is 0. The van der Waals surface area contributed by atoms with Crippen molar-refractivity contribution in [2.24, 2.45) is 0 Å². The van der Waals surface area contributed by atoms with Crippen LogP contribution in [0.2, 0.25) is 0 Å². The summed E-state index contributed by atoms with van der Waals surface area (Å²) < 4.78 is 5.66. The molecule has 2 aliphatic heterocycles. The summed E-state index contributed by atoms with van der Waals surface area (Å²) >= 11 is 0. The largest absolute Gasteiger partial charge is 0.374 e. The van der Waals surface area contributed by atoms with Crippen LogP contribution >= 0.6 is 0 Å². The number of hydrogen-bond acceptors (Lipinski definition) is 1. The maximum Gasteiger partial charge on any atom is 0.0617 e. The van der Waals surface area contributed by atoms with Crippen molar-refractivity contribution in [3.8, 4) is 12.3 Å². The third-order valence-corrected chi connectivity index (χ3v) is 2.46. The summed E-state index contributed by atoms with van der Waals surface area (Å²) in [5, 5.41) is 0. The van der Waals surface area contributed by atoms with Crippen molar-refractivity contribution in [3.63, 3.8) is 0 Å². The van der Waals surface area contributed by atoms with Crippen LogP contribution in [0, 0.1) is 12.3 Å². The zero-order valence-electron chi connectivity index (χ0n) is 6.55. The van der Waals surface area contributed by atoms with Crippen molar-refractivity contribution in [2.75, 3.05) is 0 Å². The molecule has 2 fully saturated rings. The average molecular weight is 148 g/mol. The third kappa shape index (κ3) is 1.32. The minimum Gasteiger partial charge on any atom is -0.374 e. The molecule has 0 radical (unpaired) electrons. The molecule has 58 valence electrons. The fourth-order valence-corrected chi connectivity index (χ4v) is 1.98. The fraction of sp³-hybridized carbons (Fsp3) is 0.600. The van der Waals surface area contributed by atoms with Gasteiger partial charge in [0.05, 0.1) is 12.2 Å². The first-order valence-electron chi connectivity index (χ1n) is 4.18. The lowest BCUT2D eigenvalue weighted by atomic mass is 10.0. The second-order valence-electron chi connectivity index (χ2n) is 3.33. The molecule has 0 N–H and O–H groups in total. The van der Waals surface area contributed by atoms with E-state index in [0.717, 1.165) is 12.8 Å². The van der Waals surface area contributed by atoms with E-state index in [0.29, 0.717) is 12.2 Å². The Morgan fingerprint density at radius 1 is 1.36 bits per heavy atom. The summed E-state index contributed by atoms with van der Waals surface area (Å²) in [6, 6.07) is 0. The molecule has 2 heterocycles. The highest BCUT2D eigenvalue weighted by molar-refractivity contribution is 5.20. The van der Waals surface area contributed by atoms with E-state index in [2.05, 4.69) is 5.92 Å². The first-order valence-corrected chi connectivity index (χ1v) is 4.18. The molecule has 2 aliphatic rings. The minimum absolute atomic E-state index is 0.480. The van der Waals surface area contributed by atoms with Crippen molar-refractivity contribution in [2.45, 2.75) is 37.9 Å². The van der Waals surface area contributed by atoms with Crippen LogP contribution in [-0.2, 0) is 4.74 Å². The topological polar surface area (TPSA) is 9.23 Å². The average Bonchev–Trinajstić information content (AvgIpc) is 2.32. The molecule has 0 aliphatic carbocycles. The summed E-state index contributed by atoms with van der Waals surface area (Å²) in [4.78, 5) is 0. The molecule has 0 aromatic heterocycles. The van der Waals surface area contributed by atoms with Crippen molar-refractivity contribution in [1.82, 2.24) is 0 Å². The van der Waals surface area contributed by atoms with Crippen LogP contribution < -0.4 is 0 Å². The first kappa shape index (κ1) is 6.94. The molecule has 0 aromatic carbocycles. The normalized spacial score (nSPS) is 35.0. The van der Waals surface area contributed by atoms with Crippen molar-refractivity contribution in [3.05, 3.63) is 11.6 Å². The van der Waals surface area contributed by atoms with Crippen LogP contribution in [0.15, 0.2) is 11.6 Å². The lowest BCUT2D eigenvalue weighted by Crippen LogP contribution is -2.18. The van der Waals surface area contributed by atoms with Gasteiger partial charge in [-0.05, 0) is 31.8 Å². The third-order valence-electron chi connectivity index (χ3n) is 2.46. The van der Waals surface area contributed by atoms with Gasteiger partial charge >= 0.3 is 0 Å². The maximum atomic E-state index is 5.66. The summed E-state index contributed by atoms with van der Waals surface area (Å²) in [6.45, 7) is 0. The zero-order valence-corrected chi connectivity index (χ0v) is 6.55. The Morgan fingerprint density at radius 2 is 2.00 bits per heavy atom. The summed E-state index contributed by atoms with van der Waals surface area (Å²) in [5.41, 5.74) is 1.41. The molecule has 0 aromatic rings. The Morgan fingerprint density at radius 3 is 2.55 bits per heavy atom. The molecule has 0 saturated carbocycles. The highest BCUT2D eigenvalue weighted by atomic mass is 16.5. The molecule has 1 nitrogen and oxygen atoms in total. The molecule has 0 amide bonds. The summed E-state index contributed by atoms with van der Waals surface area (Å²) in [6.07, 6.45) is 12.7.